The molecule has 1 aromatic rings. The SMILES string of the molecule is CCC(C)C(NC(=O)CSc1nc(C)c(C(C)=O)cc1C#N)C(=O)OC. The first-order chi connectivity index (χ1) is 12.2. The van der Waals surface area contributed by atoms with Gasteiger partial charge < -0.3 is 10.1 Å². The number of amides is 1. The van der Waals surface area contributed by atoms with Crippen LogP contribution in [-0.4, -0.2) is 41.5 Å². The van der Waals surface area contributed by atoms with E-state index in [0.717, 1.165) is 11.8 Å². The number of pyridine rings is 1. The van der Waals surface area contributed by atoms with Crippen molar-refractivity contribution < 1.29 is 19.1 Å². The zero-order valence-electron chi connectivity index (χ0n) is 15.6. The Morgan fingerprint density at radius 2 is 2.08 bits per heavy atom. The van der Waals surface area contributed by atoms with Gasteiger partial charge in [0.25, 0.3) is 0 Å². The second-order valence-corrected chi connectivity index (χ2v) is 6.85. The first kappa shape index (κ1) is 21.6. The molecule has 1 N–H and O–H groups in total. The quantitative estimate of drug-likeness (QED) is 0.420. The van der Waals surface area contributed by atoms with E-state index in [2.05, 4.69) is 10.3 Å². The van der Waals surface area contributed by atoms with Gasteiger partial charge >= 0.3 is 5.97 Å². The molecule has 1 aromatic heterocycles. The van der Waals surface area contributed by atoms with Crippen LogP contribution in [0.1, 0.15) is 48.8 Å². The second-order valence-electron chi connectivity index (χ2n) is 5.88. The minimum Gasteiger partial charge on any atom is -0.467 e. The third-order valence-corrected chi connectivity index (χ3v) is 4.99. The highest BCUT2D eigenvalue weighted by atomic mass is 32.2. The number of hydrogen-bond donors (Lipinski definition) is 1. The summed E-state index contributed by atoms with van der Waals surface area (Å²) in [5, 5.41) is 12.3. The Morgan fingerprint density at radius 3 is 2.58 bits per heavy atom. The molecule has 8 heteroatoms. The molecule has 0 aliphatic carbocycles. The molecule has 0 aliphatic rings. The lowest BCUT2D eigenvalue weighted by atomic mass is 9.99. The predicted molar refractivity (Wildman–Crippen MR) is 97.8 cm³/mol. The fourth-order valence-corrected chi connectivity index (χ4v) is 3.09. The molecule has 1 amide bonds. The maximum absolute atomic E-state index is 12.2. The topological polar surface area (TPSA) is 109 Å². The molecular weight excluding hydrogens is 354 g/mol. The Bertz CT molecular complexity index is 743. The number of aryl methyl sites for hydroxylation is 1. The number of Topliss-reactive ketones (excluding diaryl/α,β-unsaturated/α-hetero) is 1. The summed E-state index contributed by atoms with van der Waals surface area (Å²) >= 11 is 1.09. The van der Waals surface area contributed by atoms with E-state index in [1.165, 1.54) is 20.1 Å². The molecule has 1 rings (SSSR count). The van der Waals surface area contributed by atoms with Crippen LogP contribution < -0.4 is 5.32 Å². The maximum atomic E-state index is 12.2. The maximum Gasteiger partial charge on any atom is 0.328 e. The number of hydrogen-bond acceptors (Lipinski definition) is 7. The molecule has 0 fully saturated rings. The van der Waals surface area contributed by atoms with E-state index in [-0.39, 0.29) is 28.9 Å². The molecule has 0 aromatic carbocycles. The van der Waals surface area contributed by atoms with Gasteiger partial charge in [0.2, 0.25) is 5.91 Å². The first-order valence-electron chi connectivity index (χ1n) is 8.17. The van der Waals surface area contributed by atoms with Crippen molar-refractivity contribution >= 4 is 29.4 Å². The Labute approximate surface area is 157 Å². The van der Waals surface area contributed by atoms with E-state index in [1.807, 2.05) is 19.9 Å². The number of ether oxygens (including phenoxy) is 1. The van der Waals surface area contributed by atoms with Crippen LogP contribution in [0.5, 0.6) is 0 Å². The molecule has 2 atom stereocenters. The van der Waals surface area contributed by atoms with Crippen LogP contribution in [-0.2, 0) is 14.3 Å². The number of carbonyl (C=O) groups excluding carboxylic acids is 3. The van der Waals surface area contributed by atoms with E-state index in [4.69, 9.17) is 4.74 Å². The van der Waals surface area contributed by atoms with Crippen LogP contribution in [0, 0.1) is 24.2 Å². The van der Waals surface area contributed by atoms with Crippen molar-refractivity contribution in [2.45, 2.75) is 45.2 Å². The molecule has 140 valence electrons. The van der Waals surface area contributed by atoms with Gasteiger partial charge in [0, 0.05) is 11.3 Å². The van der Waals surface area contributed by atoms with Crippen molar-refractivity contribution in [3.8, 4) is 6.07 Å². The highest BCUT2D eigenvalue weighted by Crippen LogP contribution is 2.23. The average molecular weight is 377 g/mol. The van der Waals surface area contributed by atoms with E-state index < -0.39 is 12.0 Å². The van der Waals surface area contributed by atoms with Crippen molar-refractivity contribution in [3.05, 3.63) is 22.9 Å². The monoisotopic (exact) mass is 377 g/mol. The van der Waals surface area contributed by atoms with Gasteiger partial charge in [-0.1, -0.05) is 32.0 Å². The predicted octanol–water partition coefficient (Wildman–Crippen LogP) is 2.26. The highest BCUT2D eigenvalue weighted by Gasteiger charge is 2.26. The van der Waals surface area contributed by atoms with Crippen LogP contribution >= 0.6 is 11.8 Å². The number of rotatable bonds is 8. The standard InChI is InChI=1S/C18H23N3O4S/c1-6-10(2)16(18(24)25-5)21-15(23)9-26-17-13(8-19)7-14(12(4)22)11(3)20-17/h7,10,16H,6,9H2,1-5H3,(H,21,23). The smallest absolute Gasteiger partial charge is 0.328 e. The van der Waals surface area contributed by atoms with Crippen LogP contribution in [0.25, 0.3) is 0 Å². The van der Waals surface area contributed by atoms with Crippen molar-refractivity contribution in [1.29, 1.82) is 5.26 Å². The van der Waals surface area contributed by atoms with Crippen LogP contribution in [0.2, 0.25) is 0 Å². The summed E-state index contributed by atoms with van der Waals surface area (Å²) in [4.78, 5) is 39.9. The summed E-state index contributed by atoms with van der Waals surface area (Å²) in [6.07, 6.45) is 0.707. The molecule has 26 heavy (non-hydrogen) atoms. The zero-order valence-corrected chi connectivity index (χ0v) is 16.4. The molecule has 0 spiro atoms. The van der Waals surface area contributed by atoms with Gasteiger partial charge in [-0.2, -0.15) is 5.26 Å². The third-order valence-electron chi connectivity index (χ3n) is 4.00. The number of thioether (sulfide) groups is 1. The molecule has 0 saturated heterocycles. The summed E-state index contributed by atoms with van der Waals surface area (Å²) in [5.41, 5.74) is 1.13. The second kappa shape index (κ2) is 9.92. The Kier molecular flexibility index (Phi) is 8.26. The number of nitrogens with zero attached hydrogens (tertiary/aromatic N) is 2. The van der Waals surface area contributed by atoms with Gasteiger partial charge in [-0.3, -0.25) is 9.59 Å². The average Bonchev–Trinajstić information content (AvgIpc) is 2.62. The molecule has 0 radical (unpaired) electrons. The minimum absolute atomic E-state index is 0.00946. The van der Waals surface area contributed by atoms with Crippen molar-refractivity contribution in [1.82, 2.24) is 10.3 Å². The Hall–Kier alpha value is -2.40. The highest BCUT2D eigenvalue weighted by molar-refractivity contribution is 8.00. The number of esters is 1. The lowest BCUT2D eigenvalue weighted by Crippen LogP contribution is -2.46. The number of nitriles is 1. The molecule has 1 heterocycles. The Balaban J connectivity index is 2.87. The molecule has 7 nitrogen and oxygen atoms in total. The summed E-state index contributed by atoms with van der Waals surface area (Å²) < 4.78 is 4.74. The summed E-state index contributed by atoms with van der Waals surface area (Å²) in [7, 11) is 1.28. The number of methoxy groups -OCH3 is 1. The number of nitrogens with one attached hydrogen (secondary N) is 1. The fraction of sp³-hybridized carbons (Fsp3) is 0.500. The zero-order chi connectivity index (χ0) is 19.9. The molecular formula is C18H23N3O4S. The number of ketones is 1. The summed E-state index contributed by atoms with van der Waals surface area (Å²) in [6.45, 7) is 6.86. The van der Waals surface area contributed by atoms with Crippen molar-refractivity contribution in [3.63, 3.8) is 0 Å². The van der Waals surface area contributed by atoms with E-state index in [0.29, 0.717) is 22.7 Å². The van der Waals surface area contributed by atoms with Crippen LogP contribution in [0.4, 0.5) is 0 Å². The van der Waals surface area contributed by atoms with Crippen LogP contribution in [0.15, 0.2) is 11.1 Å². The van der Waals surface area contributed by atoms with Gasteiger partial charge in [0.1, 0.15) is 17.1 Å². The van der Waals surface area contributed by atoms with E-state index >= 15 is 0 Å². The normalized spacial score (nSPS) is 12.6. The van der Waals surface area contributed by atoms with Gasteiger partial charge in [0.15, 0.2) is 5.78 Å². The van der Waals surface area contributed by atoms with Crippen LogP contribution in [0.3, 0.4) is 0 Å². The summed E-state index contributed by atoms with van der Waals surface area (Å²) in [6, 6.07) is 2.76. The molecule has 0 aliphatic heterocycles. The number of carbonyl (C=O) groups is 3. The van der Waals surface area contributed by atoms with Crippen molar-refractivity contribution in [2.75, 3.05) is 12.9 Å². The van der Waals surface area contributed by atoms with Gasteiger partial charge in [-0.25, -0.2) is 9.78 Å². The molecule has 0 bridgehead atoms. The van der Waals surface area contributed by atoms with E-state index in [1.54, 1.807) is 6.92 Å². The fourth-order valence-electron chi connectivity index (χ4n) is 2.27. The first-order valence-corrected chi connectivity index (χ1v) is 9.16. The van der Waals surface area contributed by atoms with E-state index in [9.17, 15) is 19.6 Å². The number of aromatic nitrogens is 1. The Morgan fingerprint density at radius 1 is 1.42 bits per heavy atom. The van der Waals surface area contributed by atoms with Gasteiger partial charge in [-0.05, 0) is 25.8 Å². The van der Waals surface area contributed by atoms with Gasteiger partial charge in [-0.15, -0.1) is 0 Å². The third kappa shape index (κ3) is 5.56. The van der Waals surface area contributed by atoms with Gasteiger partial charge in [0.05, 0.1) is 18.4 Å². The van der Waals surface area contributed by atoms with Crippen molar-refractivity contribution in [2.24, 2.45) is 5.92 Å². The lowest BCUT2D eigenvalue weighted by Gasteiger charge is -2.21. The lowest BCUT2D eigenvalue weighted by molar-refractivity contribution is -0.146. The largest absolute Gasteiger partial charge is 0.467 e. The molecule has 2 unspecified atom stereocenters. The summed E-state index contributed by atoms with van der Waals surface area (Å²) in [5.74, 6) is -1.10. The molecule has 0 saturated carbocycles. The minimum atomic E-state index is -0.719.